The third-order valence-corrected chi connectivity index (χ3v) is 6.20. The molecule has 0 spiro atoms. The van der Waals surface area contributed by atoms with E-state index in [0.717, 1.165) is 22.4 Å². The summed E-state index contributed by atoms with van der Waals surface area (Å²) in [5, 5.41) is 8.45. The molecule has 32 heavy (non-hydrogen) atoms. The first-order valence-electron chi connectivity index (χ1n) is 10.4. The summed E-state index contributed by atoms with van der Waals surface area (Å²) in [5.74, 6) is 1.39. The van der Waals surface area contributed by atoms with E-state index < -0.39 is 0 Å². The summed E-state index contributed by atoms with van der Waals surface area (Å²) in [5.41, 5.74) is 4.16. The minimum atomic E-state index is -0.103. The predicted octanol–water partition coefficient (Wildman–Crippen LogP) is 4.18. The fourth-order valence-corrected chi connectivity index (χ4v) is 4.45. The fourth-order valence-electron chi connectivity index (χ4n) is 3.52. The molecule has 2 aromatic heterocycles. The van der Waals surface area contributed by atoms with Gasteiger partial charge in [-0.15, -0.1) is 10.2 Å². The van der Waals surface area contributed by atoms with Gasteiger partial charge in [0, 0.05) is 12.0 Å². The number of aryl methyl sites for hydroxylation is 1. The van der Waals surface area contributed by atoms with Crippen LogP contribution in [0, 0.1) is 6.92 Å². The van der Waals surface area contributed by atoms with Crippen LogP contribution in [0.1, 0.15) is 28.1 Å². The van der Waals surface area contributed by atoms with Crippen LogP contribution in [0.15, 0.2) is 83.7 Å². The van der Waals surface area contributed by atoms with Gasteiger partial charge in [0.15, 0.2) is 0 Å². The molecular formula is C26H21N3O2S. The summed E-state index contributed by atoms with van der Waals surface area (Å²) in [6, 6.07) is 26.0. The van der Waals surface area contributed by atoms with Crippen molar-refractivity contribution in [2.24, 2.45) is 0 Å². The van der Waals surface area contributed by atoms with Gasteiger partial charge in [-0.05, 0) is 30.2 Å². The van der Waals surface area contributed by atoms with Gasteiger partial charge in [0.05, 0.1) is 4.53 Å². The van der Waals surface area contributed by atoms with Crippen molar-refractivity contribution < 1.29 is 4.74 Å². The molecule has 5 nitrogen and oxygen atoms in total. The summed E-state index contributed by atoms with van der Waals surface area (Å²) < 4.78 is 8.29. The Bertz CT molecular complexity index is 1470. The Morgan fingerprint density at radius 3 is 2.47 bits per heavy atom. The van der Waals surface area contributed by atoms with Gasteiger partial charge in [-0.25, -0.2) is 4.40 Å². The van der Waals surface area contributed by atoms with Gasteiger partial charge in [-0.1, -0.05) is 89.7 Å². The predicted molar refractivity (Wildman–Crippen MR) is 127 cm³/mol. The maximum Gasteiger partial charge on any atom is 0.275 e. The van der Waals surface area contributed by atoms with Gasteiger partial charge in [0.25, 0.3) is 5.56 Å². The average Bonchev–Trinajstić information content (AvgIpc) is 3.35. The molecule has 6 heteroatoms. The fraction of sp³-hybridized carbons (Fsp3) is 0.115. The third kappa shape index (κ3) is 4.18. The number of hydrogen-bond donors (Lipinski definition) is 0. The van der Waals surface area contributed by atoms with Crippen molar-refractivity contribution in [3.05, 3.63) is 122 Å². The number of fused-ring (bicyclic) bond motifs is 1. The molecule has 0 N–H and O–H groups in total. The van der Waals surface area contributed by atoms with Crippen molar-refractivity contribution >= 4 is 22.4 Å². The monoisotopic (exact) mass is 439 g/mol. The maximum absolute atomic E-state index is 13.1. The van der Waals surface area contributed by atoms with Crippen LogP contribution in [0.3, 0.4) is 0 Å². The van der Waals surface area contributed by atoms with Crippen LogP contribution < -0.4 is 14.8 Å². The summed E-state index contributed by atoms with van der Waals surface area (Å²) in [6.45, 7) is 2.53. The molecule has 158 valence electrons. The van der Waals surface area contributed by atoms with E-state index in [0.29, 0.717) is 28.3 Å². The lowest BCUT2D eigenvalue weighted by molar-refractivity contribution is 0.305. The molecule has 5 rings (SSSR count). The highest BCUT2D eigenvalue weighted by atomic mass is 32.1. The molecule has 0 unspecified atom stereocenters. The molecule has 0 saturated heterocycles. The number of benzene rings is 3. The Hall–Kier alpha value is -3.77. The molecule has 0 atom stereocenters. The second-order valence-corrected chi connectivity index (χ2v) is 8.63. The first-order chi connectivity index (χ1) is 15.7. The second-order valence-electron chi connectivity index (χ2n) is 7.62. The Kier molecular flexibility index (Phi) is 5.52. The van der Waals surface area contributed by atoms with Crippen LogP contribution in [0.2, 0.25) is 0 Å². The van der Waals surface area contributed by atoms with E-state index in [9.17, 15) is 4.79 Å². The number of para-hydroxylation sites is 1. The molecule has 2 heterocycles. The molecule has 3 aromatic carbocycles. The number of nitrogens with zero attached hydrogens (tertiary/aromatic N) is 3. The van der Waals surface area contributed by atoms with Crippen LogP contribution in [-0.2, 0) is 13.0 Å². The lowest BCUT2D eigenvalue weighted by Crippen LogP contribution is -2.24. The zero-order valence-corrected chi connectivity index (χ0v) is 18.4. The number of thiazole rings is 1. The molecule has 0 fully saturated rings. The molecule has 0 bridgehead atoms. The van der Waals surface area contributed by atoms with E-state index in [-0.39, 0.29) is 5.56 Å². The van der Waals surface area contributed by atoms with Crippen molar-refractivity contribution in [1.29, 1.82) is 0 Å². The summed E-state index contributed by atoms with van der Waals surface area (Å²) in [4.78, 5) is 13.8. The Morgan fingerprint density at radius 2 is 1.66 bits per heavy atom. The first-order valence-corrected chi connectivity index (χ1v) is 11.2. The number of aromatic nitrogens is 3. The Balaban J connectivity index is 1.46. The maximum atomic E-state index is 13.1. The van der Waals surface area contributed by atoms with E-state index in [2.05, 4.69) is 41.4 Å². The van der Waals surface area contributed by atoms with Crippen molar-refractivity contribution in [3.63, 3.8) is 0 Å². The zero-order valence-electron chi connectivity index (χ0n) is 17.6. The van der Waals surface area contributed by atoms with Gasteiger partial charge in [0.1, 0.15) is 18.2 Å². The molecule has 5 aromatic rings. The van der Waals surface area contributed by atoms with Gasteiger partial charge >= 0.3 is 0 Å². The van der Waals surface area contributed by atoms with Crippen LogP contribution in [0.5, 0.6) is 5.75 Å². The van der Waals surface area contributed by atoms with E-state index in [1.807, 2.05) is 60.7 Å². The molecule has 0 aliphatic heterocycles. The van der Waals surface area contributed by atoms with Gasteiger partial charge < -0.3 is 4.74 Å². The van der Waals surface area contributed by atoms with Gasteiger partial charge in [-0.2, -0.15) is 0 Å². The molecule has 0 aliphatic rings. The molecule has 0 amide bonds. The second kappa shape index (κ2) is 8.77. The van der Waals surface area contributed by atoms with E-state index in [1.165, 1.54) is 16.9 Å². The smallest absolute Gasteiger partial charge is 0.275 e. The average molecular weight is 440 g/mol. The topological polar surface area (TPSA) is 56.5 Å². The van der Waals surface area contributed by atoms with E-state index >= 15 is 0 Å². The zero-order chi connectivity index (χ0) is 21.9. The highest BCUT2D eigenvalue weighted by Gasteiger charge is 2.13. The van der Waals surface area contributed by atoms with Gasteiger partial charge in [-0.3, -0.25) is 4.79 Å². The summed E-state index contributed by atoms with van der Waals surface area (Å²) >= 11 is 1.34. The molecule has 0 aliphatic carbocycles. The van der Waals surface area contributed by atoms with E-state index in [1.54, 1.807) is 4.40 Å². The standard InChI is InChI=1S/C26H21N3O2S/c1-18-11-13-20(14-12-18)17-31-22-10-6-5-9-21(22)16-23-25(30)29-24(27-28-26(29)32-23)15-19-7-3-2-4-8-19/h2-14,16H,15,17H2,1H3/b23-16-. The first kappa shape index (κ1) is 20.2. The van der Waals surface area contributed by atoms with Crippen molar-refractivity contribution in [1.82, 2.24) is 14.6 Å². The molecular weight excluding hydrogens is 418 g/mol. The van der Waals surface area contributed by atoms with Crippen molar-refractivity contribution in [3.8, 4) is 5.75 Å². The van der Waals surface area contributed by atoms with Gasteiger partial charge in [0.2, 0.25) is 4.96 Å². The van der Waals surface area contributed by atoms with Crippen LogP contribution in [-0.4, -0.2) is 14.6 Å². The lowest BCUT2D eigenvalue weighted by Gasteiger charge is -2.09. The minimum absolute atomic E-state index is 0.103. The Labute approximate surface area is 189 Å². The van der Waals surface area contributed by atoms with Crippen LogP contribution in [0.4, 0.5) is 0 Å². The number of hydrogen-bond acceptors (Lipinski definition) is 5. The quantitative estimate of drug-likeness (QED) is 0.398. The highest BCUT2D eigenvalue weighted by molar-refractivity contribution is 7.15. The van der Waals surface area contributed by atoms with E-state index in [4.69, 9.17) is 4.74 Å². The third-order valence-electron chi connectivity index (χ3n) is 5.24. The summed E-state index contributed by atoms with van der Waals surface area (Å²) in [6.07, 6.45) is 2.43. The SMILES string of the molecule is Cc1ccc(COc2ccccc2/C=c2\sc3nnc(Cc4ccccc4)n3c2=O)cc1. The van der Waals surface area contributed by atoms with Crippen molar-refractivity contribution in [2.75, 3.05) is 0 Å². The normalized spacial score (nSPS) is 11.8. The minimum Gasteiger partial charge on any atom is -0.488 e. The summed E-state index contributed by atoms with van der Waals surface area (Å²) in [7, 11) is 0. The van der Waals surface area contributed by atoms with Crippen LogP contribution in [0.25, 0.3) is 11.0 Å². The van der Waals surface area contributed by atoms with Crippen molar-refractivity contribution in [2.45, 2.75) is 20.0 Å². The number of rotatable bonds is 6. The lowest BCUT2D eigenvalue weighted by atomic mass is 10.1. The molecule has 0 saturated carbocycles. The highest BCUT2D eigenvalue weighted by Crippen LogP contribution is 2.20. The Morgan fingerprint density at radius 1 is 0.906 bits per heavy atom. The molecule has 0 radical (unpaired) electrons. The number of ether oxygens (including phenoxy) is 1. The largest absolute Gasteiger partial charge is 0.488 e. The van der Waals surface area contributed by atoms with Crippen LogP contribution >= 0.6 is 11.3 Å².